The molecule has 0 amide bonds. The van der Waals surface area contributed by atoms with Gasteiger partial charge in [0.2, 0.25) is 0 Å². The lowest BCUT2D eigenvalue weighted by atomic mass is 10.4. The van der Waals surface area contributed by atoms with Crippen LogP contribution in [0.15, 0.2) is 18.3 Å². The number of nitrogens with zero attached hydrogens (tertiary/aromatic N) is 3. The standard InChI is InChI=1S/C7H7FN4/c8-5-1-2-12-6(3-5)10-11-7(12)4-9/h1-3H,4,9H2. The third-order valence-corrected chi connectivity index (χ3v) is 1.63. The lowest BCUT2D eigenvalue weighted by Gasteiger charge is -1.94. The fourth-order valence-corrected chi connectivity index (χ4v) is 1.05. The van der Waals surface area contributed by atoms with E-state index in [1.165, 1.54) is 12.1 Å². The largest absolute Gasteiger partial charge is 0.324 e. The fraction of sp³-hybridized carbons (Fsp3) is 0.143. The van der Waals surface area contributed by atoms with E-state index >= 15 is 0 Å². The molecule has 0 bridgehead atoms. The first-order valence-corrected chi connectivity index (χ1v) is 3.50. The van der Waals surface area contributed by atoms with E-state index in [1.54, 1.807) is 10.6 Å². The monoisotopic (exact) mass is 166 g/mol. The number of fused-ring (bicyclic) bond motifs is 1. The van der Waals surface area contributed by atoms with E-state index in [4.69, 9.17) is 5.73 Å². The van der Waals surface area contributed by atoms with Gasteiger partial charge in [-0.15, -0.1) is 10.2 Å². The summed E-state index contributed by atoms with van der Waals surface area (Å²) >= 11 is 0. The molecule has 0 radical (unpaired) electrons. The summed E-state index contributed by atoms with van der Waals surface area (Å²) in [5, 5.41) is 7.52. The minimum Gasteiger partial charge on any atom is -0.324 e. The summed E-state index contributed by atoms with van der Waals surface area (Å²) in [5.41, 5.74) is 5.86. The molecule has 0 saturated carbocycles. The molecule has 0 spiro atoms. The summed E-state index contributed by atoms with van der Waals surface area (Å²) in [7, 11) is 0. The van der Waals surface area contributed by atoms with Gasteiger partial charge in [-0.05, 0) is 6.07 Å². The van der Waals surface area contributed by atoms with Crippen LogP contribution in [0.5, 0.6) is 0 Å². The molecular weight excluding hydrogens is 159 g/mol. The van der Waals surface area contributed by atoms with Crippen molar-refractivity contribution in [2.75, 3.05) is 0 Å². The van der Waals surface area contributed by atoms with Crippen LogP contribution in [0.3, 0.4) is 0 Å². The van der Waals surface area contributed by atoms with Crippen LogP contribution >= 0.6 is 0 Å². The molecule has 0 aliphatic carbocycles. The van der Waals surface area contributed by atoms with Crippen molar-refractivity contribution in [1.29, 1.82) is 0 Å². The van der Waals surface area contributed by atoms with Gasteiger partial charge in [-0.2, -0.15) is 0 Å². The Morgan fingerprint density at radius 3 is 3.08 bits per heavy atom. The first-order chi connectivity index (χ1) is 5.81. The zero-order valence-corrected chi connectivity index (χ0v) is 6.24. The number of hydrogen-bond donors (Lipinski definition) is 1. The zero-order valence-electron chi connectivity index (χ0n) is 6.24. The normalized spacial score (nSPS) is 10.8. The molecule has 0 aliphatic heterocycles. The molecule has 2 rings (SSSR count). The first-order valence-electron chi connectivity index (χ1n) is 3.50. The van der Waals surface area contributed by atoms with Crippen LogP contribution in [0.2, 0.25) is 0 Å². The van der Waals surface area contributed by atoms with Gasteiger partial charge in [0.15, 0.2) is 11.5 Å². The van der Waals surface area contributed by atoms with Crippen molar-refractivity contribution in [3.63, 3.8) is 0 Å². The highest BCUT2D eigenvalue weighted by atomic mass is 19.1. The highest BCUT2D eigenvalue weighted by Crippen LogP contribution is 2.04. The van der Waals surface area contributed by atoms with E-state index < -0.39 is 0 Å². The topological polar surface area (TPSA) is 56.2 Å². The van der Waals surface area contributed by atoms with E-state index in [0.29, 0.717) is 18.0 Å². The second-order valence-corrected chi connectivity index (χ2v) is 2.39. The summed E-state index contributed by atoms with van der Waals surface area (Å²) in [6.07, 6.45) is 1.56. The quantitative estimate of drug-likeness (QED) is 0.664. The molecule has 4 nitrogen and oxygen atoms in total. The van der Waals surface area contributed by atoms with Crippen LogP contribution in [-0.2, 0) is 6.54 Å². The molecule has 0 unspecified atom stereocenters. The Bertz CT molecular complexity index is 409. The van der Waals surface area contributed by atoms with E-state index in [1.807, 2.05) is 0 Å². The molecule has 12 heavy (non-hydrogen) atoms. The molecule has 0 atom stereocenters. The van der Waals surface area contributed by atoms with Crippen molar-refractivity contribution >= 4 is 5.65 Å². The summed E-state index contributed by atoms with van der Waals surface area (Å²) in [5.74, 6) is 0.309. The van der Waals surface area contributed by atoms with Gasteiger partial charge < -0.3 is 5.73 Å². The maximum atomic E-state index is 12.6. The van der Waals surface area contributed by atoms with Crippen LogP contribution < -0.4 is 5.73 Å². The Hall–Kier alpha value is -1.49. The number of halogens is 1. The Morgan fingerprint density at radius 2 is 2.33 bits per heavy atom. The molecule has 0 aliphatic rings. The SMILES string of the molecule is NCc1nnc2cc(F)ccn12. The van der Waals surface area contributed by atoms with Gasteiger partial charge in [-0.25, -0.2) is 4.39 Å². The molecular formula is C7H7FN4. The maximum absolute atomic E-state index is 12.6. The molecule has 2 heterocycles. The molecule has 2 N–H and O–H groups in total. The van der Waals surface area contributed by atoms with Crippen LogP contribution in [-0.4, -0.2) is 14.6 Å². The van der Waals surface area contributed by atoms with Gasteiger partial charge in [-0.3, -0.25) is 4.40 Å². The van der Waals surface area contributed by atoms with Crippen molar-refractivity contribution in [2.45, 2.75) is 6.54 Å². The number of hydrogen-bond acceptors (Lipinski definition) is 3. The van der Waals surface area contributed by atoms with E-state index in [0.717, 1.165) is 0 Å². The maximum Gasteiger partial charge on any atom is 0.163 e. The second kappa shape index (κ2) is 2.53. The minimum atomic E-state index is -0.321. The third kappa shape index (κ3) is 0.947. The van der Waals surface area contributed by atoms with Crippen LogP contribution in [0.4, 0.5) is 4.39 Å². The molecule has 0 fully saturated rings. The Balaban J connectivity index is 2.73. The van der Waals surface area contributed by atoms with Crippen molar-refractivity contribution in [1.82, 2.24) is 14.6 Å². The van der Waals surface area contributed by atoms with E-state index in [2.05, 4.69) is 10.2 Å². The summed E-state index contributed by atoms with van der Waals surface area (Å²) in [6.45, 7) is 0.298. The van der Waals surface area contributed by atoms with Crippen molar-refractivity contribution in [2.24, 2.45) is 5.73 Å². The lowest BCUT2D eigenvalue weighted by Crippen LogP contribution is -2.02. The van der Waals surface area contributed by atoms with E-state index in [-0.39, 0.29) is 5.82 Å². The molecule has 2 aromatic rings. The van der Waals surface area contributed by atoms with Gasteiger partial charge in [0.1, 0.15) is 5.82 Å². The molecule has 0 aromatic carbocycles. The number of rotatable bonds is 1. The average molecular weight is 166 g/mol. The summed E-state index contributed by atoms with van der Waals surface area (Å²) < 4.78 is 14.3. The molecule has 0 saturated heterocycles. The Labute approximate surface area is 67.8 Å². The second-order valence-electron chi connectivity index (χ2n) is 2.39. The first kappa shape index (κ1) is 7.17. The van der Waals surface area contributed by atoms with Crippen molar-refractivity contribution < 1.29 is 4.39 Å². The minimum absolute atomic E-state index is 0.298. The zero-order chi connectivity index (χ0) is 8.55. The summed E-state index contributed by atoms with van der Waals surface area (Å²) in [4.78, 5) is 0. The number of nitrogens with two attached hydrogens (primary N) is 1. The Kier molecular flexibility index (Phi) is 1.51. The average Bonchev–Trinajstić information content (AvgIpc) is 2.46. The van der Waals surface area contributed by atoms with Gasteiger partial charge in [0.05, 0.1) is 6.54 Å². The predicted molar refractivity (Wildman–Crippen MR) is 40.8 cm³/mol. The Morgan fingerprint density at radius 1 is 1.50 bits per heavy atom. The highest BCUT2D eigenvalue weighted by molar-refractivity contribution is 5.37. The van der Waals surface area contributed by atoms with Gasteiger partial charge in [0, 0.05) is 12.3 Å². The van der Waals surface area contributed by atoms with Crippen LogP contribution in [0, 0.1) is 5.82 Å². The predicted octanol–water partition coefficient (Wildman–Crippen LogP) is 0.327. The third-order valence-electron chi connectivity index (χ3n) is 1.63. The van der Waals surface area contributed by atoms with E-state index in [9.17, 15) is 4.39 Å². The van der Waals surface area contributed by atoms with Crippen molar-refractivity contribution in [3.05, 3.63) is 30.0 Å². The molecule has 2 aromatic heterocycles. The molecule has 5 heteroatoms. The number of pyridine rings is 1. The van der Waals surface area contributed by atoms with Gasteiger partial charge in [-0.1, -0.05) is 0 Å². The fourth-order valence-electron chi connectivity index (χ4n) is 1.05. The van der Waals surface area contributed by atoms with Gasteiger partial charge >= 0.3 is 0 Å². The summed E-state index contributed by atoms with van der Waals surface area (Å²) in [6, 6.07) is 2.65. The van der Waals surface area contributed by atoms with Crippen molar-refractivity contribution in [3.8, 4) is 0 Å². The lowest BCUT2D eigenvalue weighted by molar-refractivity contribution is 0.626. The smallest absolute Gasteiger partial charge is 0.163 e. The van der Waals surface area contributed by atoms with Gasteiger partial charge in [0.25, 0.3) is 0 Å². The van der Waals surface area contributed by atoms with Crippen LogP contribution in [0.25, 0.3) is 5.65 Å². The molecule has 62 valence electrons. The number of aromatic nitrogens is 3. The van der Waals surface area contributed by atoms with Crippen LogP contribution in [0.1, 0.15) is 5.82 Å². The highest BCUT2D eigenvalue weighted by Gasteiger charge is 2.02.